The van der Waals surface area contributed by atoms with Crippen LogP contribution in [0, 0.1) is 0 Å². The van der Waals surface area contributed by atoms with Crippen molar-refractivity contribution in [2.24, 2.45) is 0 Å². The quantitative estimate of drug-likeness (QED) is 0.786. The topological polar surface area (TPSA) is 55.6 Å². The van der Waals surface area contributed by atoms with Crippen molar-refractivity contribution < 1.29 is 0 Å². The van der Waals surface area contributed by atoms with Gasteiger partial charge in [-0.2, -0.15) is 11.8 Å². The fraction of sp³-hybridized carbons (Fsp3) is 0.889. The van der Waals surface area contributed by atoms with Gasteiger partial charge < -0.3 is 5.32 Å². The second kappa shape index (κ2) is 5.46. The average Bonchev–Trinajstić information content (AvgIpc) is 2.62. The summed E-state index contributed by atoms with van der Waals surface area (Å²) in [6.07, 6.45) is 2.11. The largest absolute Gasteiger partial charge is 0.310 e. The fourth-order valence-corrected chi connectivity index (χ4v) is 1.39. The lowest BCUT2D eigenvalue weighted by molar-refractivity contribution is 0.482. The van der Waals surface area contributed by atoms with Crippen molar-refractivity contribution in [3.8, 4) is 0 Å². The van der Waals surface area contributed by atoms with E-state index in [1.165, 1.54) is 0 Å². The third kappa shape index (κ3) is 3.79. The molecule has 0 aromatic carbocycles. The van der Waals surface area contributed by atoms with Crippen LogP contribution >= 0.6 is 11.8 Å². The molecule has 5 nitrogen and oxygen atoms in total. The highest BCUT2D eigenvalue weighted by Gasteiger charge is 2.19. The summed E-state index contributed by atoms with van der Waals surface area (Å²) in [6.45, 7) is 8.95. The molecule has 0 aliphatic carbocycles. The first-order valence-corrected chi connectivity index (χ1v) is 6.32. The van der Waals surface area contributed by atoms with Gasteiger partial charge in [-0.25, -0.2) is 4.68 Å². The summed E-state index contributed by atoms with van der Waals surface area (Å²) in [7, 11) is 0. The molecule has 1 aromatic rings. The maximum atomic E-state index is 4.00. The number of thioether (sulfide) groups is 1. The molecule has 0 amide bonds. The first kappa shape index (κ1) is 12.4. The lowest BCUT2D eigenvalue weighted by atomic mass is 10.2. The van der Waals surface area contributed by atoms with Crippen molar-refractivity contribution in [3.63, 3.8) is 0 Å². The van der Waals surface area contributed by atoms with Crippen molar-refractivity contribution >= 4 is 11.8 Å². The fourth-order valence-electron chi connectivity index (χ4n) is 1.13. The summed E-state index contributed by atoms with van der Waals surface area (Å²) >= 11 is 1.82. The molecule has 1 N–H and O–H groups in total. The van der Waals surface area contributed by atoms with E-state index >= 15 is 0 Å². The Hall–Kier alpha value is -0.620. The Morgan fingerprint density at radius 2 is 2.20 bits per heavy atom. The van der Waals surface area contributed by atoms with Crippen LogP contribution in [0.5, 0.6) is 0 Å². The smallest absolute Gasteiger partial charge is 0.165 e. The van der Waals surface area contributed by atoms with E-state index in [2.05, 4.69) is 47.9 Å². The van der Waals surface area contributed by atoms with E-state index in [0.29, 0.717) is 0 Å². The molecule has 0 fully saturated rings. The minimum Gasteiger partial charge on any atom is -0.310 e. The minimum atomic E-state index is 0.163. The third-order valence-electron chi connectivity index (χ3n) is 2.22. The Labute approximate surface area is 95.0 Å². The first-order valence-electron chi connectivity index (χ1n) is 5.10. The van der Waals surface area contributed by atoms with Gasteiger partial charge >= 0.3 is 0 Å². The van der Waals surface area contributed by atoms with Gasteiger partial charge in [0.1, 0.15) is 0 Å². The number of rotatable bonds is 6. The van der Waals surface area contributed by atoms with Crippen LogP contribution in [0.3, 0.4) is 0 Å². The van der Waals surface area contributed by atoms with Crippen LogP contribution in [-0.2, 0) is 13.1 Å². The summed E-state index contributed by atoms with van der Waals surface area (Å²) in [6, 6.07) is 0. The van der Waals surface area contributed by atoms with Crippen molar-refractivity contribution in [2.45, 2.75) is 38.6 Å². The highest BCUT2D eigenvalue weighted by Crippen LogP contribution is 2.22. The molecular weight excluding hydrogens is 210 g/mol. The Morgan fingerprint density at radius 3 is 2.80 bits per heavy atom. The summed E-state index contributed by atoms with van der Waals surface area (Å²) < 4.78 is 2.04. The van der Waals surface area contributed by atoms with E-state index in [0.717, 1.165) is 25.5 Å². The number of tetrazole rings is 1. The van der Waals surface area contributed by atoms with Crippen LogP contribution in [0.25, 0.3) is 0 Å². The van der Waals surface area contributed by atoms with Gasteiger partial charge in [0, 0.05) is 4.75 Å². The number of nitrogens with one attached hydrogen (secondary N) is 1. The SMILES string of the molecule is CCNCc1nnnn1CC(C)(C)SC. The summed E-state index contributed by atoms with van der Waals surface area (Å²) in [4.78, 5) is 0. The van der Waals surface area contributed by atoms with E-state index < -0.39 is 0 Å². The lowest BCUT2D eigenvalue weighted by Crippen LogP contribution is -2.26. The van der Waals surface area contributed by atoms with Gasteiger partial charge in [0.2, 0.25) is 0 Å². The second-order valence-electron chi connectivity index (χ2n) is 4.00. The molecule has 0 unspecified atom stereocenters. The van der Waals surface area contributed by atoms with Gasteiger partial charge in [0.05, 0.1) is 13.1 Å². The van der Waals surface area contributed by atoms with Gasteiger partial charge in [0.15, 0.2) is 5.82 Å². The van der Waals surface area contributed by atoms with Gasteiger partial charge in [-0.05, 0) is 37.1 Å². The van der Waals surface area contributed by atoms with Crippen molar-refractivity contribution in [3.05, 3.63) is 5.82 Å². The highest BCUT2D eigenvalue weighted by molar-refractivity contribution is 7.99. The number of nitrogens with zero attached hydrogens (tertiary/aromatic N) is 4. The molecule has 0 saturated heterocycles. The molecule has 0 spiro atoms. The zero-order valence-electron chi connectivity index (χ0n) is 9.82. The predicted octanol–water partition coefficient (Wildman–Crippen LogP) is 0.924. The zero-order chi connectivity index (χ0) is 11.3. The number of aromatic nitrogens is 4. The van der Waals surface area contributed by atoms with Gasteiger partial charge in [-0.3, -0.25) is 0 Å². The van der Waals surface area contributed by atoms with Crippen LogP contribution < -0.4 is 5.32 Å². The van der Waals surface area contributed by atoms with E-state index in [4.69, 9.17) is 0 Å². The maximum absolute atomic E-state index is 4.00. The molecule has 0 radical (unpaired) electrons. The molecule has 0 saturated carbocycles. The lowest BCUT2D eigenvalue weighted by Gasteiger charge is -2.21. The zero-order valence-corrected chi connectivity index (χ0v) is 10.6. The predicted molar refractivity (Wildman–Crippen MR) is 62.8 cm³/mol. The van der Waals surface area contributed by atoms with Gasteiger partial charge in [-0.15, -0.1) is 5.10 Å². The molecular formula is C9H19N5S. The van der Waals surface area contributed by atoms with Crippen LogP contribution in [0.15, 0.2) is 0 Å². The van der Waals surface area contributed by atoms with Crippen LogP contribution in [0.2, 0.25) is 0 Å². The van der Waals surface area contributed by atoms with Crippen molar-refractivity contribution in [1.29, 1.82) is 0 Å². The summed E-state index contributed by atoms with van der Waals surface area (Å²) in [5, 5.41) is 14.9. The third-order valence-corrected chi connectivity index (χ3v) is 3.46. The molecule has 1 aromatic heterocycles. The van der Waals surface area contributed by atoms with Crippen LogP contribution in [0.1, 0.15) is 26.6 Å². The second-order valence-corrected chi connectivity index (χ2v) is 5.51. The van der Waals surface area contributed by atoms with Crippen molar-refractivity contribution in [2.75, 3.05) is 12.8 Å². The molecule has 1 heterocycles. The Balaban J connectivity index is 2.64. The molecule has 0 bridgehead atoms. The maximum Gasteiger partial charge on any atom is 0.165 e. The normalized spacial score (nSPS) is 12.0. The molecule has 86 valence electrons. The monoisotopic (exact) mass is 229 g/mol. The summed E-state index contributed by atoms with van der Waals surface area (Å²) in [5.41, 5.74) is 0. The van der Waals surface area contributed by atoms with E-state index in [-0.39, 0.29) is 4.75 Å². The molecule has 1 rings (SSSR count). The summed E-state index contributed by atoms with van der Waals surface area (Å²) in [5.74, 6) is 0.902. The molecule has 6 heteroatoms. The van der Waals surface area contributed by atoms with Gasteiger partial charge in [-0.1, -0.05) is 6.92 Å². The highest BCUT2D eigenvalue weighted by atomic mass is 32.2. The molecule has 15 heavy (non-hydrogen) atoms. The number of hydrogen-bond acceptors (Lipinski definition) is 5. The van der Waals surface area contributed by atoms with Gasteiger partial charge in [0.25, 0.3) is 0 Å². The van der Waals surface area contributed by atoms with Crippen LogP contribution in [-0.4, -0.2) is 37.8 Å². The van der Waals surface area contributed by atoms with Crippen LogP contribution in [0.4, 0.5) is 0 Å². The first-order chi connectivity index (χ1) is 7.09. The minimum absolute atomic E-state index is 0.163. The average molecular weight is 229 g/mol. The standard InChI is InChI=1S/C9H19N5S/c1-5-10-6-8-11-12-13-14(8)7-9(2,3)15-4/h10H,5-7H2,1-4H3. The molecule has 0 atom stereocenters. The van der Waals surface area contributed by atoms with E-state index in [9.17, 15) is 0 Å². The molecule has 0 aliphatic rings. The number of hydrogen-bond donors (Lipinski definition) is 1. The van der Waals surface area contributed by atoms with E-state index in [1.54, 1.807) is 0 Å². The Bertz CT molecular complexity index is 296. The van der Waals surface area contributed by atoms with Crippen molar-refractivity contribution in [1.82, 2.24) is 25.5 Å². The Kier molecular flexibility index (Phi) is 4.53. The molecule has 0 aliphatic heterocycles. The Morgan fingerprint density at radius 1 is 1.47 bits per heavy atom. The van der Waals surface area contributed by atoms with E-state index in [1.807, 2.05) is 16.4 Å².